The zero-order valence-corrected chi connectivity index (χ0v) is 16.7. The van der Waals surface area contributed by atoms with Gasteiger partial charge in [-0.05, 0) is 29.7 Å². The fourth-order valence-electron chi connectivity index (χ4n) is 2.90. The molecule has 6 N–H and O–H groups in total. The van der Waals surface area contributed by atoms with Gasteiger partial charge in [0.25, 0.3) is 5.91 Å². The molecule has 1 atom stereocenters. The highest BCUT2D eigenvalue weighted by atomic mass is 19.1. The summed E-state index contributed by atoms with van der Waals surface area (Å²) in [5.41, 5.74) is 11.4. The number of aromatic nitrogens is 3. The van der Waals surface area contributed by atoms with E-state index in [1.807, 2.05) is 20.8 Å². The van der Waals surface area contributed by atoms with Gasteiger partial charge in [-0.1, -0.05) is 20.8 Å². The Morgan fingerprint density at radius 2 is 1.83 bits per heavy atom. The molecule has 0 bridgehead atoms. The predicted octanol–water partition coefficient (Wildman–Crippen LogP) is 2.32. The van der Waals surface area contributed by atoms with E-state index >= 15 is 0 Å². The van der Waals surface area contributed by atoms with Crippen molar-refractivity contribution < 1.29 is 14.0 Å². The van der Waals surface area contributed by atoms with E-state index in [0.717, 1.165) is 0 Å². The van der Waals surface area contributed by atoms with E-state index in [0.29, 0.717) is 16.6 Å². The fraction of sp³-hybridized carbons (Fsp3) is 0.250. The van der Waals surface area contributed by atoms with Crippen molar-refractivity contribution in [2.24, 2.45) is 16.9 Å². The van der Waals surface area contributed by atoms with Crippen LogP contribution in [0.15, 0.2) is 36.7 Å². The Balaban J connectivity index is 1.97. The van der Waals surface area contributed by atoms with Crippen LogP contribution in [-0.2, 0) is 4.79 Å². The lowest BCUT2D eigenvalue weighted by Crippen LogP contribution is -2.45. The van der Waals surface area contributed by atoms with Crippen LogP contribution in [0.4, 0.5) is 21.7 Å². The predicted molar refractivity (Wildman–Crippen MR) is 112 cm³/mol. The highest BCUT2D eigenvalue weighted by Gasteiger charge is 2.30. The van der Waals surface area contributed by atoms with E-state index in [4.69, 9.17) is 11.5 Å². The van der Waals surface area contributed by atoms with Crippen LogP contribution in [0.1, 0.15) is 31.3 Å². The van der Waals surface area contributed by atoms with Crippen LogP contribution >= 0.6 is 0 Å². The Hall–Kier alpha value is -3.82. The molecule has 0 aliphatic heterocycles. The molecule has 156 valence electrons. The van der Waals surface area contributed by atoms with Gasteiger partial charge in [-0.2, -0.15) is 0 Å². The maximum atomic E-state index is 13.5. The largest absolute Gasteiger partial charge is 0.368 e. The molecule has 2 aromatic heterocycles. The van der Waals surface area contributed by atoms with Crippen molar-refractivity contribution in [2.75, 3.05) is 10.6 Å². The highest BCUT2D eigenvalue weighted by Crippen LogP contribution is 2.25. The van der Waals surface area contributed by atoms with Gasteiger partial charge in [0.1, 0.15) is 17.7 Å². The van der Waals surface area contributed by atoms with Crippen molar-refractivity contribution in [3.63, 3.8) is 0 Å². The first-order valence-corrected chi connectivity index (χ1v) is 9.09. The van der Waals surface area contributed by atoms with E-state index in [9.17, 15) is 14.0 Å². The second kappa shape index (κ2) is 7.90. The third-order valence-electron chi connectivity index (χ3n) is 4.35. The van der Waals surface area contributed by atoms with Gasteiger partial charge in [-0.3, -0.25) is 14.6 Å². The molecule has 0 radical (unpaired) electrons. The average Bonchev–Trinajstić information content (AvgIpc) is 2.64. The summed E-state index contributed by atoms with van der Waals surface area (Å²) in [4.78, 5) is 36.3. The van der Waals surface area contributed by atoms with Crippen LogP contribution in [0.25, 0.3) is 10.9 Å². The lowest BCUT2D eigenvalue weighted by Gasteiger charge is -2.29. The van der Waals surface area contributed by atoms with Gasteiger partial charge in [0.2, 0.25) is 5.91 Å². The topological polar surface area (TPSA) is 149 Å². The average molecular weight is 411 g/mol. The molecule has 10 heteroatoms. The smallest absolute Gasteiger partial charge is 0.271 e. The van der Waals surface area contributed by atoms with Gasteiger partial charge < -0.3 is 22.1 Å². The molecule has 3 aromatic rings. The van der Waals surface area contributed by atoms with Gasteiger partial charge in [0.15, 0.2) is 11.5 Å². The summed E-state index contributed by atoms with van der Waals surface area (Å²) in [5.74, 6) is -1.47. The number of halogens is 1. The minimum absolute atomic E-state index is 0.0576. The molecule has 0 spiro atoms. The van der Waals surface area contributed by atoms with Crippen LogP contribution in [0, 0.1) is 11.2 Å². The molecule has 9 nitrogen and oxygen atoms in total. The van der Waals surface area contributed by atoms with Gasteiger partial charge in [-0.15, -0.1) is 0 Å². The third-order valence-corrected chi connectivity index (χ3v) is 4.35. The zero-order chi connectivity index (χ0) is 22.1. The number of nitrogens with zero attached hydrogens (tertiary/aromatic N) is 3. The van der Waals surface area contributed by atoms with Crippen molar-refractivity contribution >= 4 is 40.0 Å². The number of carbonyl (C=O) groups excluding carboxylic acids is 2. The molecule has 0 saturated carbocycles. The van der Waals surface area contributed by atoms with Crippen LogP contribution in [0.2, 0.25) is 0 Å². The summed E-state index contributed by atoms with van der Waals surface area (Å²) in [6, 6.07) is 5.14. The van der Waals surface area contributed by atoms with Gasteiger partial charge in [0, 0.05) is 5.39 Å². The van der Waals surface area contributed by atoms with Crippen molar-refractivity contribution in [2.45, 2.75) is 26.8 Å². The Morgan fingerprint density at radius 3 is 2.47 bits per heavy atom. The fourth-order valence-corrected chi connectivity index (χ4v) is 2.90. The Labute approximate surface area is 172 Å². The summed E-state index contributed by atoms with van der Waals surface area (Å²) in [5, 5.41) is 6.43. The number of carbonyl (C=O) groups is 2. The summed E-state index contributed by atoms with van der Waals surface area (Å²) in [7, 11) is 0. The first kappa shape index (κ1) is 20.9. The number of anilines is 3. The van der Waals surface area contributed by atoms with E-state index in [2.05, 4.69) is 25.6 Å². The number of benzene rings is 1. The molecule has 0 fully saturated rings. The quantitative estimate of drug-likeness (QED) is 0.486. The number of rotatable bonds is 6. The van der Waals surface area contributed by atoms with E-state index in [1.54, 1.807) is 12.1 Å². The van der Waals surface area contributed by atoms with E-state index < -0.39 is 29.1 Å². The Bertz CT molecular complexity index is 1130. The highest BCUT2D eigenvalue weighted by molar-refractivity contribution is 5.96. The molecule has 3 rings (SSSR count). The van der Waals surface area contributed by atoms with Crippen molar-refractivity contribution in [3.05, 3.63) is 48.2 Å². The normalized spacial score (nSPS) is 12.4. The number of primary amides is 2. The molecule has 1 unspecified atom stereocenters. The number of nitrogens with two attached hydrogens (primary N) is 2. The minimum atomic E-state index is -0.793. The zero-order valence-electron chi connectivity index (χ0n) is 16.7. The van der Waals surface area contributed by atoms with Gasteiger partial charge >= 0.3 is 0 Å². The lowest BCUT2D eigenvalue weighted by molar-refractivity contribution is -0.120. The minimum Gasteiger partial charge on any atom is -0.368 e. The molecule has 30 heavy (non-hydrogen) atoms. The second-order valence-corrected chi connectivity index (χ2v) is 7.85. The summed E-state index contributed by atoms with van der Waals surface area (Å²) < 4.78 is 13.5. The molecule has 0 aliphatic rings. The maximum Gasteiger partial charge on any atom is 0.271 e. The maximum absolute atomic E-state index is 13.5. The van der Waals surface area contributed by atoms with Crippen LogP contribution < -0.4 is 22.1 Å². The number of amides is 2. The van der Waals surface area contributed by atoms with Crippen molar-refractivity contribution in [1.29, 1.82) is 0 Å². The van der Waals surface area contributed by atoms with E-state index in [1.165, 1.54) is 24.5 Å². The number of nitrogens with one attached hydrogen (secondary N) is 2. The standard InChI is InChI=1S/C20H22FN7O2/c1-20(2,3)16(18(23)30)27-14-9-25-15(17(22)29)19(28-14)26-12-7-10-6-11(21)4-5-13(10)24-8-12/h4-9,16H,1-3H3,(H2,22,29)(H2,23,30)(H2,26,27,28). The van der Waals surface area contributed by atoms with Crippen LogP contribution in [-0.4, -0.2) is 32.8 Å². The first-order valence-electron chi connectivity index (χ1n) is 9.09. The SMILES string of the molecule is CC(C)(C)C(Nc1cnc(C(N)=O)c(Nc2cnc3ccc(F)cc3c2)n1)C(N)=O. The van der Waals surface area contributed by atoms with E-state index in [-0.39, 0.29) is 17.3 Å². The number of pyridine rings is 1. The molecule has 0 aliphatic carbocycles. The summed E-state index contributed by atoms with van der Waals surface area (Å²) in [6.45, 7) is 5.54. The molecule has 2 heterocycles. The summed E-state index contributed by atoms with van der Waals surface area (Å²) in [6.07, 6.45) is 2.80. The number of hydrogen-bond acceptors (Lipinski definition) is 7. The monoisotopic (exact) mass is 411 g/mol. The second-order valence-electron chi connectivity index (χ2n) is 7.85. The lowest BCUT2D eigenvalue weighted by atomic mass is 9.86. The number of hydrogen-bond donors (Lipinski definition) is 4. The Kier molecular flexibility index (Phi) is 5.50. The Morgan fingerprint density at radius 1 is 1.10 bits per heavy atom. The van der Waals surface area contributed by atoms with Crippen molar-refractivity contribution in [3.8, 4) is 0 Å². The molecule has 2 amide bonds. The molecule has 0 saturated heterocycles. The van der Waals surface area contributed by atoms with Crippen LogP contribution in [0.5, 0.6) is 0 Å². The van der Waals surface area contributed by atoms with Gasteiger partial charge in [0.05, 0.1) is 23.6 Å². The number of fused-ring (bicyclic) bond motifs is 1. The molecular formula is C20H22FN7O2. The molecular weight excluding hydrogens is 389 g/mol. The summed E-state index contributed by atoms with van der Waals surface area (Å²) >= 11 is 0. The third kappa shape index (κ3) is 4.59. The molecule has 1 aromatic carbocycles. The first-order chi connectivity index (χ1) is 14.0. The van der Waals surface area contributed by atoms with Crippen LogP contribution in [0.3, 0.4) is 0 Å². The van der Waals surface area contributed by atoms with Crippen molar-refractivity contribution in [1.82, 2.24) is 15.0 Å². The van der Waals surface area contributed by atoms with Gasteiger partial charge in [-0.25, -0.2) is 14.4 Å².